The molecule has 0 radical (unpaired) electrons. The molecule has 2 atom stereocenters. The van der Waals surface area contributed by atoms with E-state index >= 15 is 0 Å². The number of urea groups is 1. The van der Waals surface area contributed by atoms with Gasteiger partial charge in [-0.15, -0.1) is 0 Å². The molecule has 1 aliphatic rings. The van der Waals surface area contributed by atoms with E-state index in [4.69, 9.17) is 11.6 Å². The largest absolute Gasteiger partial charge is 0.369 e. The van der Waals surface area contributed by atoms with Crippen LogP contribution in [0.5, 0.6) is 0 Å². The third-order valence-electron chi connectivity index (χ3n) is 2.67. The minimum atomic E-state index is -0.358. The molecule has 0 aromatic rings. The predicted octanol–water partition coefficient (Wildman–Crippen LogP) is -0.844. The SMILES string of the molecule is CC1CCC(C(N)=O)CN1C(=O)NN. The van der Waals surface area contributed by atoms with Crippen molar-refractivity contribution < 1.29 is 9.59 Å². The molecule has 1 aliphatic heterocycles. The lowest BCUT2D eigenvalue weighted by atomic mass is 9.93. The smallest absolute Gasteiger partial charge is 0.331 e. The highest BCUT2D eigenvalue weighted by Gasteiger charge is 2.31. The first kappa shape index (κ1) is 10.8. The van der Waals surface area contributed by atoms with Crippen molar-refractivity contribution >= 4 is 11.9 Å². The molecule has 14 heavy (non-hydrogen) atoms. The lowest BCUT2D eigenvalue weighted by Crippen LogP contribution is -2.53. The molecule has 0 spiro atoms. The number of likely N-dealkylation sites (tertiary alicyclic amines) is 1. The normalized spacial score (nSPS) is 27.1. The van der Waals surface area contributed by atoms with E-state index < -0.39 is 0 Å². The van der Waals surface area contributed by atoms with Gasteiger partial charge in [0.05, 0.1) is 5.92 Å². The first-order valence-electron chi connectivity index (χ1n) is 4.62. The predicted molar refractivity (Wildman–Crippen MR) is 50.8 cm³/mol. The van der Waals surface area contributed by atoms with Crippen molar-refractivity contribution in [3.63, 3.8) is 0 Å². The lowest BCUT2D eigenvalue weighted by Gasteiger charge is -2.36. The number of amides is 3. The van der Waals surface area contributed by atoms with Gasteiger partial charge in [0.15, 0.2) is 0 Å². The molecule has 5 N–H and O–H groups in total. The monoisotopic (exact) mass is 200 g/mol. The molecule has 2 unspecified atom stereocenters. The number of primary amides is 1. The molecule has 1 heterocycles. The Morgan fingerprint density at radius 1 is 1.43 bits per heavy atom. The number of carbonyl (C=O) groups excluding carboxylic acids is 2. The van der Waals surface area contributed by atoms with Crippen molar-refractivity contribution in [3.8, 4) is 0 Å². The Kier molecular flexibility index (Phi) is 3.29. The highest BCUT2D eigenvalue weighted by molar-refractivity contribution is 5.79. The molecule has 1 rings (SSSR count). The Balaban J connectivity index is 2.64. The van der Waals surface area contributed by atoms with Crippen molar-refractivity contribution in [1.29, 1.82) is 0 Å². The molecule has 0 saturated carbocycles. The van der Waals surface area contributed by atoms with E-state index in [0.29, 0.717) is 6.54 Å². The van der Waals surface area contributed by atoms with Gasteiger partial charge < -0.3 is 10.6 Å². The first-order chi connectivity index (χ1) is 6.56. The Labute approximate surface area is 82.6 Å². The van der Waals surface area contributed by atoms with Gasteiger partial charge >= 0.3 is 6.03 Å². The molecule has 3 amide bonds. The number of nitrogens with two attached hydrogens (primary N) is 2. The number of rotatable bonds is 1. The van der Waals surface area contributed by atoms with Crippen LogP contribution in [0.15, 0.2) is 0 Å². The van der Waals surface area contributed by atoms with E-state index in [1.807, 2.05) is 6.92 Å². The summed E-state index contributed by atoms with van der Waals surface area (Å²) in [6, 6.07) is -0.252. The van der Waals surface area contributed by atoms with Gasteiger partial charge in [-0.25, -0.2) is 10.6 Å². The molecule has 0 aromatic carbocycles. The second kappa shape index (κ2) is 4.28. The quantitative estimate of drug-likeness (QED) is 0.292. The summed E-state index contributed by atoms with van der Waals surface area (Å²) in [5, 5.41) is 0. The second-order valence-corrected chi connectivity index (χ2v) is 3.63. The average molecular weight is 200 g/mol. The zero-order valence-electron chi connectivity index (χ0n) is 8.19. The zero-order valence-corrected chi connectivity index (χ0v) is 8.19. The maximum atomic E-state index is 11.3. The summed E-state index contributed by atoms with van der Waals surface area (Å²) >= 11 is 0. The molecule has 0 aromatic heterocycles. The topological polar surface area (TPSA) is 101 Å². The minimum Gasteiger partial charge on any atom is -0.369 e. The lowest BCUT2D eigenvalue weighted by molar-refractivity contribution is -0.123. The summed E-state index contributed by atoms with van der Waals surface area (Å²) in [4.78, 5) is 23.8. The van der Waals surface area contributed by atoms with E-state index in [1.54, 1.807) is 4.90 Å². The number of hydrogen-bond acceptors (Lipinski definition) is 3. The van der Waals surface area contributed by atoms with Gasteiger partial charge in [-0.3, -0.25) is 10.2 Å². The van der Waals surface area contributed by atoms with E-state index in [1.165, 1.54) is 0 Å². The van der Waals surface area contributed by atoms with Crippen LogP contribution in [0, 0.1) is 5.92 Å². The van der Waals surface area contributed by atoms with Crippen molar-refractivity contribution in [2.24, 2.45) is 17.5 Å². The molecule has 0 bridgehead atoms. The summed E-state index contributed by atoms with van der Waals surface area (Å²) < 4.78 is 0. The maximum Gasteiger partial charge on any atom is 0.331 e. The first-order valence-corrected chi connectivity index (χ1v) is 4.62. The summed E-state index contributed by atoms with van der Waals surface area (Å²) in [5.41, 5.74) is 7.25. The molecule has 1 saturated heterocycles. The summed E-state index contributed by atoms with van der Waals surface area (Å²) in [5.74, 6) is 4.43. The van der Waals surface area contributed by atoms with Crippen LogP contribution in [0.3, 0.4) is 0 Å². The van der Waals surface area contributed by atoms with Crippen LogP contribution < -0.4 is 17.0 Å². The molecular formula is C8H16N4O2. The number of hydrazine groups is 1. The van der Waals surface area contributed by atoms with Gasteiger partial charge in [-0.05, 0) is 19.8 Å². The van der Waals surface area contributed by atoms with Gasteiger partial charge in [0.25, 0.3) is 0 Å². The molecule has 6 heteroatoms. The molecular weight excluding hydrogens is 184 g/mol. The summed E-state index contributed by atoms with van der Waals surface area (Å²) in [6.07, 6.45) is 1.52. The fraction of sp³-hybridized carbons (Fsp3) is 0.750. The molecule has 6 nitrogen and oxygen atoms in total. The van der Waals surface area contributed by atoms with Crippen LogP contribution in [-0.2, 0) is 4.79 Å². The van der Waals surface area contributed by atoms with Crippen molar-refractivity contribution in [2.75, 3.05) is 6.54 Å². The number of nitrogens with one attached hydrogen (secondary N) is 1. The highest BCUT2D eigenvalue weighted by Crippen LogP contribution is 2.21. The van der Waals surface area contributed by atoms with Crippen molar-refractivity contribution in [3.05, 3.63) is 0 Å². The molecule has 0 aliphatic carbocycles. The number of hydrogen-bond donors (Lipinski definition) is 3. The summed E-state index contributed by atoms with van der Waals surface area (Å²) in [7, 11) is 0. The summed E-state index contributed by atoms with van der Waals surface area (Å²) in [6.45, 7) is 2.28. The highest BCUT2D eigenvalue weighted by atomic mass is 16.2. The Morgan fingerprint density at radius 3 is 2.57 bits per heavy atom. The van der Waals surface area contributed by atoms with Gasteiger partial charge in [0.1, 0.15) is 0 Å². The average Bonchev–Trinajstić information content (AvgIpc) is 2.17. The maximum absolute atomic E-state index is 11.3. The third kappa shape index (κ3) is 2.14. The fourth-order valence-electron chi connectivity index (χ4n) is 1.71. The minimum absolute atomic E-state index is 0.106. The second-order valence-electron chi connectivity index (χ2n) is 3.63. The van der Waals surface area contributed by atoms with Crippen LogP contribution in [-0.4, -0.2) is 29.4 Å². The van der Waals surface area contributed by atoms with E-state index in [-0.39, 0.29) is 23.9 Å². The van der Waals surface area contributed by atoms with Gasteiger partial charge in [0.2, 0.25) is 5.91 Å². The van der Waals surface area contributed by atoms with Crippen LogP contribution in [0.1, 0.15) is 19.8 Å². The van der Waals surface area contributed by atoms with Crippen LogP contribution in [0.2, 0.25) is 0 Å². The van der Waals surface area contributed by atoms with Gasteiger partial charge in [-0.2, -0.15) is 0 Å². The van der Waals surface area contributed by atoms with Crippen LogP contribution in [0.4, 0.5) is 4.79 Å². The number of piperidine rings is 1. The van der Waals surface area contributed by atoms with Gasteiger partial charge in [0, 0.05) is 12.6 Å². The van der Waals surface area contributed by atoms with Crippen molar-refractivity contribution in [1.82, 2.24) is 10.3 Å². The standard InChI is InChI=1S/C8H16N4O2/c1-5-2-3-6(7(9)13)4-12(5)8(14)11-10/h5-6H,2-4,10H2,1H3,(H2,9,13)(H,11,14). The Morgan fingerprint density at radius 2 is 2.07 bits per heavy atom. The Bertz CT molecular complexity index is 243. The van der Waals surface area contributed by atoms with E-state index in [0.717, 1.165) is 12.8 Å². The molecule has 80 valence electrons. The Hall–Kier alpha value is -1.30. The third-order valence-corrected chi connectivity index (χ3v) is 2.67. The van der Waals surface area contributed by atoms with E-state index in [9.17, 15) is 9.59 Å². The van der Waals surface area contributed by atoms with Crippen LogP contribution >= 0.6 is 0 Å². The number of carbonyl (C=O) groups is 2. The number of nitrogens with zero attached hydrogens (tertiary/aromatic N) is 1. The van der Waals surface area contributed by atoms with Crippen molar-refractivity contribution in [2.45, 2.75) is 25.8 Å². The van der Waals surface area contributed by atoms with Crippen LogP contribution in [0.25, 0.3) is 0 Å². The van der Waals surface area contributed by atoms with Gasteiger partial charge in [-0.1, -0.05) is 0 Å². The van der Waals surface area contributed by atoms with E-state index in [2.05, 4.69) is 5.43 Å². The fourth-order valence-corrected chi connectivity index (χ4v) is 1.71. The zero-order chi connectivity index (χ0) is 10.7. The molecule has 1 fully saturated rings.